The van der Waals surface area contributed by atoms with Crippen molar-refractivity contribution in [3.8, 4) is 6.07 Å². The van der Waals surface area contributed by atoms with Crippen molar-refractivity contribution < 1.29 is 9.84 Å². The molecule has 0 saturated carbocycles. The number of anilines is 1. The third-order valence-electron chi connectivity index (χ3n) is 6.30. The van der Waals surface area contributed by atoms with Gasteiger partial charge in [0.25, 0.3) is 0 Å². The van der Waals surface area contributed by atoms with E-state index >= 15 is 0 Å². The number of ether oxygens (including phenoxy) is 1. The molecule has 0 radical (unpaired) electrons. The second kappa shape index (κ2) is 8.88. The Morgan fingerprint density at radius 1 is 1.42 bits per heavy atom. The van der Waals surface area contributed by atoms with E-state index in [1.54, 1.807) is 12.3 Å². The molecular weight excluding hydrogens is 436 g/mol. The van der Waals surface area contributed by atoms with Gasteiger partial charge in [0.1, 0.15) is 16.8 Å². The van der Waals surface area contributed by atoms with Crippen LogP contribution in [0.5, 0.6) is 0 Å². The third-order valence-corrected chi connectivity index (χ3v) is 7.93. The molecule has 0 aromatic carbocycles. The average molecular weight is 461 g/mol. The number of aliphatic hydroxyl groups is 1. The number of aryl methyl sites for hydroxylation is 1. The van der Waals surface area contributed by atoms with Crippen molar-refractivity contribution in [1.29, 1.82) is 5.26 Å². The first-order valence-electron chi connectivity index (χ1n) is 10.2. The average Bonchev–Trinajstić information content (AvgIpc) is 3.05. The van der Waals surface area contributed by atoms with Crippen LogP contribution in [-0.4, -0.2) is 51.9 Å². The summed E-state index contributed by atoms with van der Waals surface area (Å²) in [5.41, 5.74) is 7.87. The number of aromatic nitrogens is 3. The van der Waals surface area contributed by atoms with Crippen LogP contribution in [0.25, 0.3) is 0 Å². The van der Waals surface area contributed by atoms with Crippen LogP contribution in [-0.2, 0) is 11.3 Å². The van der Waals surface area contributed by atoms with Gasteiger partial charge in [-0.2, -0.15) is 5.26 Å². The number of rotatable bonds is 4. The number of pyridine rings is 1. The maximum absolute atomic E-state index is 9.99. The molecule has 1 spiro atoms. The zero-order valence-corrected chi connectivity index (χ0v) is 19.1. The topological polar surface area (TPSA) is 121 Å². The Balaban J connectivity index is 1.56. The second-order valence-corrected chi connectivity index (χ2v) is 9.53. The Hall–Kier alpha value is -1.96. The minimum absolute atomic E-state index is 0.0180. The largest absolute Gasteiger partial charge is 0.390 e. The molecule has 0 aliphatic carbocycles. The van der Waals surface area contributed by atoms with Crippen molar-refractivity contribution in [1.82, 2.24) is 15.0 Å². The van der Waals surface area contributed by atoms with Gasteiger partial charge in [-0.05, 0) is 32.8 Å². The normalized spacial score (nSPS) is 22.6. The number of aliphatic hydroxyl groups excluding tert-OH is 1. The Morgan fingerprint density at radius 2 is 2.16 bits per heavy atom. The van der Waals surface area contributed by atoms with Crippen LogP contribution in [0.1, 0.15) is 36.8 Å². The summed E-state index contributed by atoms with van der Waals surface area (Å²) in [4.78, 5) is 16.3. The molecule has 10 heteroatoms. The minimum atomic E-state index is -0.217. The molecule has 2 aliphatic rings. The van der Waals surface area contributed by atoms with Crippen molar-refractivity contribution >= 4 is 29.2 Å². The highest BCUT2D eigenvalue weighted by atomic mass is 35.5. The van der Waals surface area contributed by atoms with Crippen LogP contribution in [0.15, 0.2) is 22.2 Å². The fourth-order valence-electron chi connectivity index (χ4n) is 4.30. The fraction of sp³-hybridized carbons (Fsp3) is 0.524. The zero-order chi connectivity index (χ0) is 22.2. The molecule has 0 amide bonds. The number of nitrogens with two attached hydrogens (primary N) is 1. The molecule has 2 aromatic heterocycles. The highest BCUT2D eigenvalue weighted by molar-refractivity contribution is 7.99. The van der Waals surface area contributed by atoms with E-state index in [0.29, 0.717) is 28.0 Å². The minimum Gasteiger partial charge on any atom is -0.390 e. The van der Waals surface area contributed by atoms with E-state index in [2.05, 4.69) is 14.9 Å². The van der Waals surface area contributed by atoms with E-state index in [4.69, 9.17) is 32.3 Å². The Kier molecular flexibility index (Phi) is 6.37. The molecule has 0 bridgehead atoms. The molecule has 2 atom stereocenters. The predicted octanol–water partition coefficient (Wildman–Crippen LogP) is 2.68. The Labute approximate surface area is 190 Å². The Morgan fingerprint density at radius 3 is 2.77 bits per heavy atom. The molecule has 8 nitrogen and oxygen atoms in total. The number of nitriles is 1. The summed E-state index contributed by atoms with van der Waals surface area (Å²) in [6.45, 7) is 5.99. The van der Waals surface area contributed by atoms with E-state index in [9.17, 15) is 5.11 Å². The van der Waals surface area contributed by atoms with E-state index < -0.39 is 0 Å². The molecule has 2 saturated heterocycles. The van der Waals surface area contributed by atoms with Gasteiger partial charge >= 0.3 is 0 Å². The van der Waals surface area contributed by atoms with E-state index in [-0.39, 0.29) is 34.9 Å². The second-order valence-electron chi connectivity index (χ2n) is 8.12. The molecular formula is C21H25ClN6O2S. The number of hydrogen-bond acceptors (Lipinski definition) is 9. The summed E-state index contributed by atoms with van der Waals surface area (Å²) >= 11 is 7.60. The first kappa shape index (κ1) is 22.2. The molecule has 31 heavy (non-hydrogen) atoms. The van der Waals surface area contributed by atoms with Crippen LogP contribution in [0, 0.1) is 23.7 Å². The lowest BCUT2D eigenvalue weighted by Crippen LogP contribution is -2.51. The first-order valence-corrected chi connectivity index (χ1v) is 11.4. The smallest absolute Gasteiger partial charge is 0.160 e. The first-order chi connectivity index (χ1) is 14.9. The number of hydrogen-bond donors (Lipinski definition) is 2. The van der Waals surface area contributed by atoms with Gasteiger partial charge in [-0.3, -0.25) is 0 Å². The van der Waals surface area contributed by atoms with Gasteiger partial charge in [-0.25, -0.2) is 15.0 Å². The lowest BCUT2D eigenvalue weighted by atomic mass is 9.73. The molecule has 2 aromatic rings. The van der Waals surface area contributed by atoms with Crippen molar-refractivity contribution in [2.45, 2.75) is 55.4 Å². The number of halogens is 1. The van der Waals surface area contributed by atoms with E-state index in [1.807, 2.05) is 19.9 Å². The molecule has 2 fully saturated rings. The van der Waals surface area contributed by atoms with Gasteiger partial charge in [0.05, 0.1) is 30.0 Å². The number of piperidine rings is 1. The standard InChI is InChI=1S/C21H25ClN6O2S/c1-12-20(31-16-3-6-25-14(9-23)17(16)22)27-15(10-29)19(26-12)28-7-4-21(5-8-28)11-30-13(2)18(21)24/h3,6,13,18,29H,4-5,7-8,10-11,24H2,1-2H3/t13-,18+/m0/s1. The van der Waals surface area contributed by atoms with Gasteiger partial charge < -0.3 is 20.5 Å². The van der Waals surface area contributed by atoms with Crippen LogP contribution < -0.4 is 10.6 Å². The summed E-state index contributed by atoms with van der Waals surface area (Å²) in [6, 6.07) is 3.76. The monoisotopic (exact) mass is 460 g/mol. The SMILES string of the molecule is Cc1nc(N2CCC3(CC2)CO[C@@H](C)[C@H]3N)c(CO)nc1Sc1ccnc(C#N)c1Cl. The van der Waals surface area contributed by atoms with Gasteiger partial charge in [0.15, 0.2) is 11.5 Å². The van der Waals surface area contributed by atoms with Gasteiger partial charge in [-0.1, -0.05) is 23.4 Å². The van der Waals surface area contributed by atoms with Crippen molar-refractivity contribution in [3.05, 3.63) is 34.4 Å². The van der Waals surface area contributed by atoms with Crippen LogP contribution >= 0.6 is 23.4 Å². The maximum atomic E-state index is 9.99. The Bertz CT molecular complexity index is 1020. The van der Waals surface area contributed by atoms with Crippen molar-refractivity contribution in [3.63, 3.8) is 0 Å². The summed E-state index contributed by atoms with van der Waals surface area (Å²) in [6.07, 6.45) is 3.46. The zero-order valence-electron chi connectivity index (χ0n) is 17.5. The number of nitrogens with zero attached hydrogens (tertiary/aromatic N) is 5. The molecule has 164 valence electrons. The summed E-state index contributed by atoms with van der Waals surface area (Å²) in [5, 5.41) is 20.1. The molecule has 4 heterocycles. The maximum Gasteiger partial charge on any atom is 0.160 e. The van der Waals surface area contributed by atoms with E-state index in [0.717, 1.165) is 31.6 Å². The van der Waals surface area contributed by atoms with Crippen LogP contribution in [0.4, 0.5) is 5.82 Å². The van der Waals surface area contributed by atoms with Crippen molar-refractivity contribution in [2.75, 3.05) is 24.6 Å². The molecule has 0 unspecified atom stereocenters. The van der Waals surface area contributed by atoms with Gasteiger partial charge in [0.2, 0.25) is 0 Å². The highest BCUT2D eigenvalue weighted by Crippen LogP contribution is 2.42. The molecule has 2 aliphatic heterocycles. The predicted molar refractivity (Wildman–Crippen MR) is 118 cm³/mol. The molecule has 4 rings (SSSR count). The van der Waals surface area contributed by atoms with Crippen LogP contribution in [0.3, 0.4) is 0 Å². The van der Waals surface area contributed by atoms with Crippen LogP contribution in [0.2, 0.25) is 5.02 Å². The van der Waals surface area contributed by atoms with Gasteiger partial charge in [0, 0.05) is 35.6 Å². The lowest BCUT2D eigenvalue weighted by Gasteiger charge is -2.42. The highest BCUT2D eigenvalue weighted by Gasteiger charge is 2.47. The van der Waals surface area contributed by atoms with E-state index in [1.165, 1.54) is 11.8 Å². The summed E-state index contributed by atoms with van der Waals surface area (Å²) in [7, 11) is 0. The quantitative estimate of drug-likeness (QED) is 0.708. The third kappa shape index (κ3) is 4.11. The van der Waals surface area contributed by atoms with Crippen molar-refractivity contribution in [2.24, 2.45) is 11.1 Å². The lowest BCUT2D eigenvalue weighted by molar-refractivity contribution is 0.0973. The fourth-order valence-corrected chi connectivity index (χ4v) is 5.45. The summed E-state index contributed by atoms with van der Waals surface area (Å²) < 4.78 is 5.81. The van der Waals surface area contributed by atoms with Gasteiger partial charge in [-0.15, -0.1) is 0 Å². The molecule has 3 N–H and O–H groups in total. The summed E-state index contributed by atoms with van der Waals surface area (Å²) in [5.74, 6) is 0.707.